The molecule has 50 valence electrons. The van der Waals surface area contributed by atoms with E-state index in [-0.39, 0.29) is 0 Å². The molecular formula is C6H4N2O2. The van der Waals surface area contributed by atoms with Crippen LogP contribution in [0, 0.1) is 6.73 Å². The van der Waals surface area contributed by atoms with E-state index in [1.165, 1.54) is 12.5 Å². The summed E-state index contributed by atoms with van der Waals surface area (Å²) in [5.74, 6) is 0.505. The third kappa shape index (κ3) is 0.737. The maximum absolute atomic E-state index is 4.96. The van der Waals surface area contributed by atoms with Crippen molar-refractivity contribution in [2.24, 2.45) is 0 Å². The summed E-state index contributed by atoms with van der Waals surface area (Å²) in [5.41, 5.74) is 0.685. The van der Waals surface area contributed by atoms with E-state index in [4.69, 9.17) is 4.42 Å². The molecule has 2 radical (unpaired) electrons. The van der Waals surface area contributed by atoms with E-state index in [1.807, 2.05) is 0 Å². The Bertz CT molecular complexity index is 240. The summed E-state index contributed by atoms with van der Waals surface area (Å²) in [7, 11) is 0. The van der Waals surface area contributed by atoms with Crippen LogP contribution < -0.4 is 5.32 Å². The van der Waals surface area contributed by atoms with Crippen molar-refractivity contribution in [2.75, 3.05) is 0 Å². The third-order valence-corrected chi connectivity index (χ3v) is 1.08. The van der Waals surface area contributed by atoms with Crippen molar-refractivity contribution in [3.05, 3.63) is 31.3 Å². The van der Waals surface area contributed by atoms with Crippen molar-refractivity contribution in [1.29, 1.82) is 0 Å². The van der Waals surface area contributed by atoms with Gasteiger partial charge in [-0.1, -0.05) is 0 Å². The van der Waals surface area contributed by atoms with Gasteiger partial charge >= 0.3 is 6.73 Å². The lowest BCUT2D eigenvalue weighted by Gasteiger charge is -1.90. The summed E-state index contributed by atoms with van der Waals surface area (Å²) in [6.07, 6.45) is 4.54. The minimum absolute atomic E-state index is 0.505. The van der Waals surface area contributed by atoms with Crippen LogP contribution in [-0.2, 0) is 4.74 Å². The lowest BCUT2D eigenvalue weighted by molar-refractivity contribution is 0.345. The fourth-order valence-corrected chi connectivity index (χ4v) is 0.663. The van der Waals surface area contributed by atoms with Gasteiger partial charge < -0.3 is 14.5 Å². The van der Waals surface area contributed by atoms with Gasteiger partial charge in [-0.15, -0.1) is 0 Å². The molecule has 0 unspecified atom stereocenters. The van der Waals surface area contributed by atoms with Gasteiger partial charge in [-0.25, -0.2) is 4.98 Å². The highest BCUT2D eigenvalue weighted by atomic mass is 16.5. The summed E-state index contributed by atoms with van der Waals surface area (Å²) < 4.78 is 9.61. The highest BCUT2D eigenvalue weighted by molar-refractivity contribution is 5.56. The Balaban J connectivity index is 2.28. The predicted molar refractivity (Wildman–Crippen MR) is 31.9 cm³/mol. The molecule has 0 spiro atoms. The average molecular weight is 136 g/mol. The summed E-state index contributed by atoms with van der Waals surface area (Å²) in [6, 6.07) is 0. The van der Waals surface area contributed by atoms with E-state index in [2.05, 4.69) is 21.8 Å². The smallest absolute Gasteiger partial charge is 0.312 e. The van der Waals surface area contributed by atoms with Gasteiger partial charge in [-0.2, -0.15) is 0 Å². The molecule has 0 bridgehead atoms. The van der Waals surface area contributed by atoms with Gasteiger partial charge in [-0.3, -0.25) is 0 Å². The maximum atomic E-state index is 4.96. The number of ether oxygens (including phenoxy) is 1. The van der Waals surface area contributed by atoms with Crippen molar-refractivity contribution in [3.63, 3.8) is 0 Å². The van der Waals surface area contributed by atoms with Gasteiger partial charge in [0.05, 0.1) is 6.20 Å². The number of aromatic nitrogens is 1. The van der Waals surface area contributed by atoms with Crippen LogP contribution in [0.15, 0.2) is 23.1 Å². The quantitative estimate of drug-likeness (QED) is 0.613. The second kappa shape index (κ2) is 2.06. The molecule has 4 heteroatoms. The first kappa shape index (κ1) is 5.34. The molecule has 0 fully saturated rings. The SMILES string of the molecule is [C]1NC(c2ncco2)=CO1. The molecule has 2 rings (SSSR count). The van der Waals surface area contributed by atoms with E-state index in [1.54, 1.807) is 6.20 Å². The number of rotatable bonds is 1. The van der Waals surface area contributed by atoms with Crippen molar-refractivity contribution < 1.29 is 9.15 Å². The molecule has 2 heterocycles. The highest BCUT2D eigenvalue weighted by Gasteiger charge is 2.11. The normalized spacial score (nSPS) is 15.8. The number of nitrogens with one attached hydrogen (secondary N) is 1. The Hall–Kier alpha value is -1.45. The van der Waals surface area contributed by atoms with E-state index < -0.39 is 0 Å². The fraction of sp³-hybridized carbons (Fsp3) is 0. The maximum Gasteiger partial charge on any atom is 0.312 e. The lowest BCUT2D eigenvalue weighted by Crippen LogP contribution is -2.01. The number of nitrogens with zero attached hydrogens (tertiary/aromatic N) is 1. The minimum Gasteiger partial charge on any atom is -0.461 e. The van der Waals surface area contributed by atoms with Crippen LogP contribution >= 0.6 is 0 Å². The largest absolute Gasteiger partial charge is 0.461 e. The average Bonchev–Trinajstić information content (AvgIpc) is 2.59. The molecule has 1 aliphatic rings. The molecule has 1 aliphatic heterocycles. The molecule has 0 saturated carbocycles. The minimum atomic E-state index is 0.505. The molecule has 1 N–H and O–H groups in total. The fourth-order valence-electron chi connectivity index (χ4n) is 0.663. The van der Waals surface area contributed by atoms with Crippen LogP contribution in [0.25, 0.3) is 5.70 Å². The van der Waals surface area contributed by atoms with Gasteiger partial charge in [0.15, 0.2) is 0 Å². The van der Waals surface area contributed by atoms with Gasteiger partial charge in [0.25, 0.3) is 0 Å². The van der Waals surface area contributed by atoms with E-state index in [9.17, 15) is 0 Å². The zero-order chi connectivity index (χ0) is 6.81. The monoisotopic (exact) mass is 136 g/mol. The molecule has 0 saturated heterocycles. The second-order valence-electron chi connectivity index (χ2n) is 1.71. The topological polar surface area (TPSA) is 47.3 Å². The first-order valence-corrected chi connectivity index (χ1v) is 2.73. The van der Waals surface area contributed by atoms with Gasteiger partial charge in [0.1, 0.15) is 18.2 Å². The predicted octanol–water partition coefficient (Wildman–Crippen LogP) is 0.589. The molecule has 10 heavy (non-hydrogen) atoms. The zero-order valence-corrected chi connectivity index (χ0v) is 5.00. The van der Waals surface area contributed by atoms with Crippen LogP contribution in [0.5, 0.6) is 0 Å². The highest BCUT2D eigenvalue weighted by Crippen LogP contribution is 2.12. The molecule has 1 aromatic heterocycles. The van der Waals surface area contributed by atoms with Gasteiger partial charge in [-0.05, 0) is 0 Å². The van der Waals surface area contributed by atoms with Crippen molar-refractivity contribution in [3.8, 4) is 0 Å². The lowest BCUT2D eigenvalue weighted by atomic mass is 10.5. The van der Waals surface area contributed by atoms with Crippen LogP contribution in [0.2, 0.25) is 0 Å². The van der Waals surface area contributed by atoms with Crippen LogP contribution in [-0.4, -0.2) is 4.98 Å². The van der Waals surface area contributed by atoms with Crippen LogP contribution in [0.4, 0.5) is 0 Å². The van der Waals surface area contributed by atoms with Crippen LogP contribution in [0.3, 0.4) is 0 Å². The third-order valence-electron chi connectivity index (χ3n) is 1.08. The summed E-state index contributed by atoms with van der Waals surface area (Å²) in [4.78, 5) is 3.88. The Labute approximate surface area is 57.5 Å². The molecular weight excluding hydrogens is 132 g/mol. The van der Waals surface area contributed by atoms with Gasteiger partial charge in [0, 0.05) is 0 Å². The van der Waals surface area contributed by atoms with Gasteiger partial charge in [0.2, 0.25) is 5.89 Å². The molecule has 0 amide bonds. The molecule has 0 aliphatic carbocycles. The number of oxazole rings is 1. The molecule has 0 atom stereocenters. The van der Waals surface area contributed by atoms with Crippen molar-refractivity contribution >= 4 is 5.70 Å². The van der Waals surface area contributed by atoms with E-state index in [0.29, 0.717) is 11.6 Å². The number of hydrogen-bond acceptors (Lipinski definition) is 4. The summed E-state index contributed by atoms with van der Waals surface area (Å²) >= 11 is 0. The Morgan fingerprint density at radius 2 is 2.60 bits per heavy atom. The summed E-state index contributed by atoms with van der Waals surface area (Å²) in [5, 5.41) is 2.69. The van der Waals surface area contributed by atoms with Crippen molar-refractivity contribution in [2.45, 2.75) is 0 Å². The first-order valence-electron chi connectivity index (χ1n) is 2.73. The Morgan fingerprint density at radius 1 is 1.60 bits per heavy atom. The zero-order valence-electron chi connectivity index (χ0n) is 5.00. The Morgan fingerprint density at radius 3 is 3.20 bits per heavy atom. The van der Waals surface area contributed by atoms with Crippen LogP contribution in [0.1, 0.15) is 5.89 Å². The number of hydrogen-bond donors (Lipinski definition) is 1. The Kier molecular flexibility index (Phi) is 1.10. The summed E-state index contributed by atoms with van der Waals surface area (Å²) in [6.45, 7) is 2.42. The first-order chi connectivity index (χ1) is 4.97. The van der Waals surface area contributed by atoms with E-state index in [0.717, 1.165) is 0 Å². The van der Waals surface area contributed by atoms with E-state index >= 15 is 0 Å². The molecule has 0 aromatic carbocycles. The van der Waals surface area contributed by atoms with Crippen molar-refractivity contribution in [1.82, 2.24) is 10.3 Å². The molecule has 1 aromatic rings. The second-order valence-corrected chi connectivity index (χ2v) is 1.71. The molecule has 4 nitrogen and oxygen atoms in total. The standard InChI is InChI=1S/C6H4N2O2/c1-2-10-6(7-1)5-3-9-4-8-5/h1-3,8H.